The fourth-order valence-corrected chi connectivity index (χ4v) is 5.99. The van der Waals surface area contributed by atoms with Crippen molar-refractivity contribution in [3.05, 3.63) is 64.9 Å². The molecule has 1 aliphatic rings. The molecule has 1 amide bonds. The van der Waals surface area contributed by atoms with E-state index < -0.39 is 10.0 Å². The van der Waals surface area contributed by atoms with Gasteiger partial charge in [0.25, 0.3) is 0 Å². The average Bonchev–Trinajstić information content (AvgIpc) is 3.24. The van der Waals surface area contributed by atoms with Gasteiger partial charge in [0.15, 0.2) is 0 Å². The van der Waals surface area contributed by atoms with Gasteiger partial charge in [0.1, 0.15) is 10.8 Å². The minimum atomic E-state index is -3.58. The maximum Gasteiger partial charge on any atom is 0.243 e. The van der Waals surface area contributed by atoms with E-state index >= 15 is 0 Å². The summed E-state index contributed by atoms with van der Waals surface area (Å²) in [4.78, 5) is 17.3. The van der Waals surface area contributed by atoms with E-state index in [1.807, 2.05) is 6.92 Å². The number of carbonyl (C=O) groups excluding carboxylic acids is 1. The van der Waals surface area contributed by atoms with Gasteiger partial charge in [0.2, 0.25) is 15.9 Å². The van der Waals surface area contributed by atoms with Gasteiger partial charge in [-0.05, 0) is 61.7 Å². The lowest BCUT2D eigenvalue weighted by Crippen LogP contribution is -2.35. The number of aryl methyl sites for hydroxylation is 1. The summed E-state index contributed by atoms with van der Waals surface area (Å²) in [6.45, 7) is 2.87. The number of sulfonamides is 1. The molecule has 0 atom stereocenters. The Morgan fingerprint density at radius 1 is 1.12 bits per heavy atom. The van der Waals surface area contributed by atoms with Crippen LogP contribution in [0.15, 0.2) is 52.7 Å². The van der Waals surface area contributed by atoms with E-state index in [0.29, 0.717) is 29.5 Å². The largest absolute Gasteiger partial charge is 0.325 e. The number of hydrogen-bond donors (Lipinski definition) is 1. The fourth-order valence-electron chi connectivity index (χ4n) is 3.62. The molecule has 4 rings (SSSR count). The van der Waals surface area contributed by atoms with Gasteiger partial charge in [-0.2, -0.15) is 4.31 Å². The molecule has 32 heavy (non-hydrogen) atoms. The van der Waals surface area contributed by atoms with Crippen LogP contribution in [0.3, 0.4) is 0 Å². The van der Waals surface area contributed by atoms with Crippen molar-refractivity contribution < 1.29 is 17.6 Å². The van der Waals surface area contributed by atoms with E-state index in [1.165, 1.54) is 33.8 Å². The first kappa shape index (κ1) is 22.6. The molecule has 0 radical (unpaired) electrons. The average molecular weight is 474 g/mol. The molecule has 168 valence electrons. The number of carbonyl (C=O) groups is 1. The van der Waals surface area contributed by atoms with Crippen LogP contribution >= 0.6 is 11.3 Å². The van der Waals surface area contributed by atoms with Crippen molar-refractivity contribution in [3.8, 4) is 10.6 Å². The smallest absolute Gasteiger partial charge is 0.243 e. The lowest BCUT2D eigenvalue weighted by atomic mass is 10.2. The van der Waals surface area contributed by atoms with Crippen LogP contribution in [0.4, 0.5) is 10.1 Å². The zero-order valence-corrected chi connectivity index (χ0v) is 19.3. The third-order valence-electron chi connectivity index (χ3n) is 5.42. The van der Waals surface area contributed by atoms with E-state index in [-0.39, 0.29) is 23.0 Å². The molecule has 0 spiro atoms. The zero-order chi connectivity index (χ0) is 22.7. The van der Waals surface area contributed by atoms with E-state index in [4.69, 9.17) is 0 Å². The molecule has 0 bridgehead atoms. The van der Waals surface area contributed by atoms with Crippen LogP contribution in [0.5, 0.6) is 0 Å². The number of nitrogens with one attached hydrogen (secondary N) is 1. The summed E-state index contributed by atoms with van der Waals surface area (Å²) >= 11 is 1.38. The SMILES string of the molecule is Cc1ccc(S(=O)(=O)N2CCCCC2)cc1NC(=O)Cc1csc(-c2ccc(F)cc2)n1. The second-order valence-electron chi connectivity index (χ2n) is 7.82. The molecule has 1 fully saturated rings. The molecule has 0 unspecified atom stereocenters. The molecule has 0 aliphatic carbocycles. The molecule has 2 aromatic carbocycles. The quantitative estimate of drug-likeness (QED) is 0.567. The van der Waals surface area contributed by atoms with Gasteiger partial charge in [0.05, 0.1) is 17.0 Å². The van der Waals surface area contributed by atoms with Crippen LogP contribution < -0.4 is 5.32 Å². The number of halogens is 1. The second-order valence-corrected chi connectivity index (χ2v) is 10.6. The predicted molar refractivity (Wildman–Crippen MR) is 124 cm³/mol. The highest BCUT2D eigenvalue weighted by Crippen LogP contribution is 2.26. The molecule has 2 heterocycles. The first-order valence-electron chi connectivity index (χ1n) is 10.4. The van der Waals surface area contributed by atoms with Crippen LogP contribution in [-0.2, 0) is 21.2 Å². The number of anilines is 1. The molecule has 1 aliphatic heterocycles. The number of nitrogens with zero attached hydrogens (tertiary/aromatic N) is 2. The van der Waals surface area contributed by atoms with Crippen LogP contribution in [-0.4, -0.2) is 36.7 Å². The van der Waals surface area contributed by atoms with Crippen molar-refractivity contribution in [2.75, 3.05) is 18.4 Å². The summed E-state index contributed by atoms with van der Waals surface area (Å²) in [7, 11) is -3.58. The van der Waals surface area contributed by atoms with Crippen molar-refractivity contribution >= 4 is 33.0 Å². The molecule has 9 heteroatoms. The van der Waals surface area contributed by atoms with E-state index in [9.17, 15) is 17.6 Å². The van der Waals surface area contributed by atoms with Crippen LogP contribution in [0, 0.1) is 12.7 Å². The number of piperidine rings is 1. The van der Waals surface area contributed by atoms with Crippen molar-refractivity contribution in [1.82, 2.24) is 9.29 Å². The van der Waals surface area contributed by atoms with Gasteiger partial charge in [0, 0.05) is 29.7 Å². The normalized spacial score (nSPS) is 14.9. The molecule has 1 saturated heterocycles. The van der Waals surface area contributed by atoms with Crippen LogP contribution in [0.25, 0.3) is 10.6 Å². The van der Waals surface area contributed by atoms with Crippen LogP contribution in [0.2, 0.25) is 0 Å². The lowest BCUT2D eigenvalue weighted by Gasteiger charge is -2.26. The predicted octanol–water partition coefficient (Wildman–Crippen LogP) is 4.61. The Labute approximate surface area is 191 Å². The molecular weight excluding hydrogens is 449 g/mol. The number of hydrogen-bond acceptors (Lipinski definition) is 5. The Bertz CT molecular complexity index is 1220. The van der Waals surface area contributed by atoms with Crippen molar-refractivity contribution in [2.45, 2.75) is 37.5 Å². The van der Waals surface area contributed by atoms with E-state index in [2.05, 4.69) is 10.3 Å². The molecular formula is C23H24FN3O3S2. The zero-order valence-electron chi connectivity index (χ0n) is 17.7. The fraction of sp³-hybridized carbons (Fsp3) is 0.304. The third kappa shape index (κ3) is 5.06. The number of rotatable bonds is 6. The van der Waals surface area contributed by atoms with Gasteiger partial charge in [-0.15, -0.1) is 11.3 Å². The summed E-state index contributed by atoms with van der Waals surface area (Å²) < 4.78 is 40.6. The summed E-state index contributed by atoms with van der Waals surface area (Å²) in [5, 5.41) is 5.32. The summed E-state index contributed by atoms with van der Waals surface area (Å²) in [6, 6.07) is 10.9. The number of aromatic nitrogens is 1. The Kier molecular flexibility index (Phi) is 6.68. The minimum Gasteiger partial charge on any atom is -0.325 e. The first-order valence-corrected chi connectivity index (χ1v) is 12.8. The van der Waals surface area contributed by atoms with Gasteiger partial charge in [-0.25, -0.2) is 17.8 Å². The Morgan fingerprint density at radius 3 is 2.56 bits per heavy atom. The second kappa shape index (κ2) is 9.48. The van der Waals surface area contributed by atoms with Crippen molar-refractivity contribution in [3.63, 3.8) is 0 Å². The summed E-state index contributed by atoms with van der Waals surface area (Å²) in [6.07, 6.45) is 2.82. The molecule has 1 N–H and O–H groups in total. The minimum absolute atomic E-state index is 0.0558. The highest BCUT2D eigenvalue weighted by molar-refractivity contribution is 7.89. The Morgan fingerprint density at radius 2 is 1.84 bits per heavy atom. The number of benzene rings is 2. The standard InChI is InChI=1S/C23H24FN3O3S2/c1-16-5-10-20(32(29,30)27-11-3-2-4-12-27)14-21(16)26-22(28)13-19-15-31-23(25-19)17-6-8-18(24)9-7-17/h5-10,14-15H,2-4,11-13H2,1H3,(H,26,28). The van der Waals surface area contributed by atoms with Gasteiger partial charge >= 0.3 is 0 Å². The lowest BCUT2D eigenvalue weighted by molar-refractivity contribution is -0.115. The topological polar surface area (TPSA) is 79.4 Å². The van der Waals surface area contributed by atoms with Crippen LogP contribution in [0.1, 0.15) is 30.5 Å². The number of amides is 1. The maximum atomic E-state index is 13.1. The monoisotopic (exact) mass is 473 g/mol. The molecule has 0 saturated carbocycles. The number of thiazole rings is 1. The van der Waals surface area contributed by atoms with Crippen molar-refractivity contribution in [2.24, 2.45) is 0 Å². The molecule has 3 aromatic rings. The Balaban J connectivity index is 1.46. The van der Waals surface area contributed by atoms with E-state index in [0.717, 1.165) is 30.4 Å². The van der Waals surface area contributed by atoms with Gasteiger partial charge in [-0.3, -0.25) is 4.79 Å². The van der Waals surface area contributed by atoms with E-state index in [1.54, 1.807) is 29.6 Å². The first-order chi connectivity index (χ1) is 15.3. The van der Waals surface area contributed by atoms with Gasteiger partial charge in [-0.1, -0.05) is 12.5 Å². The molecule has 6 nitrogen and oxygen atoms in total. The third-order valence-corrected chi connectivity index (χ3v) is 8.26. The highest BCUT2D eigenvalue weighted by atomic mass is 32.2. The molecule has 1 aromatic heterocycles. The Hall–Kier alpha value is -2.62. The van der Waals surface area contributed by atoms with Gasteiger partial charge < -0.3 is 5.32 Å². The highest BCUT2D eigenvalue weighted by Gasteiger charge is 2.26. The maximum absolute atomic E-state index is 13.1. The summed E-state index contributed by atoms with van der Waals surface area (Å²) in [5.41, 5.74) is 2.64. The summed E-state index contributed by atoms with van der Waals surface area (Å²) in [5.74, 6) is -0.596. The van der Waals surface area contributed by atoms with Crippen molar-refractivity contribution in [1.29, 1.82) is 0 Å².